The SMILES string of the molecule is O=C(O)Nc1ccc(C(=O)/C=C/c2cc(N3CCOCC3)c3ccccc3n2)cc1.c1ccsc1. The molecule has 7 nitrogen and oxygen atoms in total. The van der Waals surface area contributed by atoms with Gasteiger partial charge in [0.25, 0.3) is 0 Å². The van der Waals surface area contributed by atoms with Crippen LogP contribution < -0.4 is 10.2 Å². The van der Waals surface area contributed by atoms with Crippen LogP contribution in [0, 0.1) is 0 Å². The van der Waals surface area contributed by atoms with Gasteiger partial charge in [0.05, 0.1) is 24.4 Å². The van der Waals surface area contributed by atoms with E-state index in [2.05, 4.69) is 21.3 Å². The topological polar surface area (TPSA) is 91.8 Å². The predicted octanol–water partition coefficient (Wildman–Crippen LogP) is 5.81. The van der Waals surface area contributed by atoms with Crippen LogP contribution in [0.4, 0.5) is 16.2 Å². The number of carboxylic acid groups (broad SMARTS) is 1. The average Bonchev–Trinajstić information content (AvgIpc) is 3.48. The van der Waals surface area contributed by atoms with Gasteiger partial charge < -0.3 is 14.7 Å². The second kappa shape index (κ2) is 11.9. The molecule has 0 atom stereocenters. The van der Waals surface area contributed by atoms with Crippen LogP contribution in [0.25, 0.3) is 17.0 Å². The van der Waals surface area contributed by atoms with Crippen molar-refractivity contribution in [1.82, 2.24) is 4.98 Å². The second-order valence-corrected chi connectivity index (χ2v) is 8.50. The number of ether oxygens (including phenoxy) is 1. The molecule has 4 aromatic rings. The zero-order chi connectivity index (χ0) is 24.5. The molecule has 1 aliphatic heterocycles. The maximum absolute atomic E-state index is 12.5. The Kier molecular flexibility index (Phi) is 8.21. The number of fused-ring (bicyclic) bond motifs is 1. The van der Waals surface area contributed by atoms with Gasteiger partial charge >= 0.3 is 6.09 Å². The molecule has 0 bridgehead atoms. The summed E-state index contributed by atoms with van der Waals surface area (Å²) < 4.78 is 5.47. The second-order valence-electron chi connectivity index (χ2n) is 7.68. The number of pyridine rings is 1. The van der Waals surface area contributed by atoms with Crippen molar-refractivity contribution in [3.05, 3.63) is 94.8 Å². The highest BCUT2D eigenvalue weighted by Crippen LogP contribution is 2.28. The normalized spacial score (nSPS) is 13.3. The van der Waals surface area contributed by atoms with Crippen molar-refractivity contribution in [2.75, 3.05) is 36.5 Å². The van der Waals surface area contributed by atoms with Crippen LogP contribution in [0.3, 0.4) is 0 Å². The van der Waals surface area contributed by atoms with Gasteiger partial charge in [0.2, 0.25) is 0 Å². The lowest BCUT2D eigenvalue weighted by molar-refractivity contribution is 0.104. The van der Waals surface area contributed by atoms with E-state index in [0.29, 0.717) is 30.2 Å². The van der Waals surface area contributed by atoms with Crippen molar-refractivity contribution in [1.29, 1.82) is 0 Å². The molecule has 0 aliphatic carbocycles. The summed E-state index contributed by atoms with van der Waals surface area (Å²) in [5, 5.41) is 16.1. The summed E-state index contributed by atoms with van der Waals surface area (Å²) in [6, 6.07) is 20.3. The van der Waals surface area contributed by atoms with E-state index in [0.717, 1.165) is 29.7 Å². The van der Waals surface area contributed by atoms with Crippen LogP contribution in [0.15, 0.2) is 83.6 Å². The zero-order valence-electron chi connectivity index (χ0n) is 19.0. The first-order chi connectivity index (χ1) is 17.1. The van der Waals surface area contributed by atoms with Gasteiger partial charge in [0, 0.05) is 35.4 Å². The fourth-order valence-corrected chi connectivity index (χ4v) is 4.11. The Bertz CT molecular complexity index is 1280. The number of hydrogen-bond donors (Lipinski definition) is 2. The fraction of sp³-hybridized carbons (Fsp3) is 0.148. The molecule has 35 heavy (non-hydrogen) atoms. The van der Waals surface area contributed by atoms with Crippen LogP contribution in [0.2, 0.25) is 0 Å². The molecule has 1 saturated heterocycles. The number of rotatable bonds is 5. The van der Waals surface area contributed by atoms with Gasteiger partial charge in [-0.15, -0.1) is 0 Å². The summed E-state index contributed by atoms with van der Waals surface area (Å²) >= 11 is 1.71. The number of anilines is 2. The van der Waals surface area contributed by atoms with Crippen molar-refractivity contribution < 1.29 is 19.4 Å². The number of aromatic nitrogens is 1. The van der Waals surface area contributed by atoms with Crippen LogP contribution in [0.1, 0.15) is 16.1 Å². The third-order valence-electron chi connectivity index (χ3n) is 5.32. The third-order valence-corrected chi connectivity index (χ3v) is 5.95. The van der Waals surface area contributed by atoms with Gasteiger partial charge in [-0.05, 0) is 59.3 Å². The van der Waals surface area contributed by atoms with Crippen LogP contribution in [-0.2, 0) is 4.74 Å². The number of para-hydroxylation sites is 1. The van der Waals surface area contributed by atoms with Crippen LogP contribution in [-0.4, -0.2) is 48.3 Å². The number of carbonyl (C=O) groups excluding carboxylic acids is 1. The number of hydrogen-bond acceptors (Lipinski definition) is 6. The summed E-state index contributed by atoms with van der Waals surface area (Å²) in [4.78, 5) is 30.1. The first-order valence-electron chi connectivity index (χ1n) is 11.1. The molecule has 2 N–H and O–H groups in total. The number of ketones is 1. The molecule has 2 aromatic heterocycles. The lowest BCUT2D eigenvalue weighted by Gasteiger charge is -2.30. The average molecular weight is 488 g/mol. The maximum atomic E-state index is 12.5. The highest BCUT2D eigenvalue weighted by Gasteiger charge is 2.15. The van der Waals surface area contributed by atoms with Crippen molar-refractivity contribution in [2.45, 2.75) is 0 Å². The Morgan fingerprint density at radius 3 is 2.37 bits per heavy atom. The van der Waals surface area contributed by atoms with Gasteiger partial charge in [0.15, 0.2) is 5.78 Å². The first-order valence-corrected chi connectivity index (χ1v) is 12.1. The van der Waals surface area contributed by atoms with Crippen molar-refractivity contribution in [3.63, 3.8) is 0 Å². The molecular formula is C27H25N3O4S. The monoisotopic (exact) mass is 487 g/mol. The Morgan fingerprint density at radius 1 is 1.00 bits per heavy atom. The fourth-order valence-electron chi connectivity index (χ4n) is 3.65. The Balaban J connectivity index is 0.000000514. The Morgan fingerprint density at radius 2 is 1.71 bits per heavy atom. The van der Waals surface area contributed by atoms with E-state index in [-0.39, 0.29) is 5.78 Å². The van der Waals surface area contributed by atoms with E-state index in [9.17, 15) is 9.59 Å². The van der Waals surface area contributed by atoms with Gasteiger partial charge in [0.1, 0.15) is 0 Å². The third kappa shape index (κ3) is 6.75. The van der Waals surface area contributed by atoms with E-state index in [4.69, 9.17) is 9.84 Å². The number of carbonyl (C=O) groups is 2. The number of nitrogens with one attached hydrogen (secondary N) is 1. The number of morpholine rings is 1. The minimum absolute atomic E-state index is 0.181. The van der Waals surface area contributed by atoms with Gasteiger partial charge in [-0.1, -0.05) is 30.3 Å². The maximum Gasteiger partial charge on any atom is 0.409 e. The highest BCUT2D eigenvalue weighted by atomic mass is 32.1. The number of thiophene rings is 1. The Labute approximate surface area is 207 Å². The molecule has 0 radical (unpaired) electrons. The summed E-state index contributed by atoms with van der Waals surface area (Å²) in [6.07, 6.45) is 2.05. The zero-order valence-corrected chi connectivity index (χ0v) is 19.8. The minimum Gasteiger partial charge on any atom is -0.465 e. The Hall–Kier alpha value is -4.01. The number of benzene rings is 2. The molecule has 0 unspecified atom stereocenters. The highest BCUT2D eigenvalue weighted by molar-refractivity contribution is 7.07. The predicted molar refractivity (Wildman–Crippen MR) is 141 cm³/mol. The number of amides is 1. The van der Waals surface area contributed by atoms with Gasteiger partial charge in [-0.25, -0.2) is 9.78 Å². The van der Waals surface area contributed by atoms with Crippen molar-refractivity contribution in [3.8, 4) is 0 Å². The van der Waals surface area contributed by atoms with Crippen molar-refractivity contribution >= 4 is 51.6 Å². The van der Waals surface area contributed by atoms with E-state index in [1.54, 1.807) is 41.7 Å². The molecule has 2 aromatic carbocycles. The lowest BCUT2D eigenvalue weighted by atomic mass is 10.1. The molecule has 5 rings (SSSR count). The molecule has 1 fully saturated rings. The molecule has 1 aliphatic rings. The smallest absolute Gasteiger partial charge is 0.409 e. The minimum atomic E-state index is -1.15. The quantitative estimate of drug-likeness (QED) is 0.273. The van der Waals surface area contributed by atoms with Crippen molar-refractivity contribution in [2.24, 2.45) is 0 Å². The standard InChI is InChI=1S/C23H21N3O4.C4H4S/c27-22(16-5-7-17(8-6-16)25-23(28)29)10-9-18-15-21(26-11-13-30-14-12-26)19-3-1-2-4-20(19)24-18;1-2-4-5-3-1/h1-10,15,25H,11-14H2,(H,28,29);1-4H/b10-9+;. The van der Waals surface area contributed by atoms with E-state index < -0.39 is 6.09 Å². The molecule has 8 heteroatoms. The first kappa shape index (κ1) is 24.1. The van der Waals surface area contributed by atoms with Gasteiger partial charge in [-0.2, -0.15) is 11.3 Å². The lowest BCUT2D eigenvalue weighted by Crippen LogP contribution is -2.36. The summed E-state index contributed by atoms with van der Waals surface area (Å²) in [7, 11) is 0. The summed E-state index contributed by atoms with van der Waals surface area (Å²) in [6.45, 7) is 3.00. The summed E-state index contributed by atoms with van der Waals surface area (Å²) in [5.74, 6) is -0.181. The molecule has 3 heterocycles. The molecule has 1 amide bonds. The molecule has 0 saturated carbocycles. The molecular weight excluding hydrogens is 462 g/mol. The number of allylic oxidation sites excluding steroid dienone is 1. The van der Waals surface area contributed by atoms with Crippen LogP contribution >= 0.6 is 11.3 Å². The summed E-state index contributed by atoms with van der Waals surface area (Å²) in [5.41, 5.74) is 3.54. The van der Waals surface area contributed by atoms with Crippen LogP contribution in [0.5, 0.6) is 0 Å². The largest absolute Gasteiger partial charge is 0.465 e. The van der Waals surface area contributed by atoms with E-state index in [1.165, 1.54) is 6.08 Å². The molecule has 178 valence electrons. The van der Waals surface area contributed by atoms with E-state index >= 15 is 0 Å². The van der Waals surface area contributed by atoms with E-state index in [1.807, 2.05) is 47.2 Å². The number of nitrogens with zero attached hydrogens (tertiary/aromatic N) is 2. The molecule has 0 spiro atoms. The van der Waals surface area contributed by atoms with Gasteiger partial charge in [-0.3, -0.25) is 10.1 Å².